The fraction of sp³-hybridized carbons (Fsp3) is 0.0571. The fourth-order valence-corrected chi connectivity index (χ4v) is 5.49. The number of benzene rings is 6. The molecule has 0 spiro atoms. The van der Waals surface area contributed by atoms with E-state index in [4.69, 9.17) is 0 Å². The number of para-hydroxylation sites is 3. The number of rotatable bonds is 3. The first-order valence-electron chi connectivity index (χ1n) is 12.6. The summed E-state index contributed by atoms with van der Waals surface area (Å²) < 4.78 is 4.62. The van der Waals surface area contributed by atoms with Crippen LogP contribution in [0, 0.1) is 19.1 Å². The third kappa shape index (κ3) is 4.00. The van der Waals surface area contributed by atoms with E-state index in [1.807, 2.05) is 0 Å². The van der Waals surface area contributed by atoms with Crippen molar-refractivity contribution < 1.29 is 37.3 Å². The van der Waals surface area contributed by atoms with Gasteiger partial charge in [-0.1, -0.05) is 84.4 Å². The van der Waals surface area contributed by atoms with Crippen LogP contribution in [0.2, 0.25) is 0 Å². The number of fused-ring (bicyclic) bond motifs is 4. The largest absolute Gasteiger partial charge is 0.258 e. The fourth-order valence-electron chi connectivity index (χ4n) is 5.49. The molecule has 0 bridgehead atoms. The molecule has 0 aliphatic rings. The molecule has 1 radical (unpaired) electrons. The summed E-state index contributed by atoms with van der Waals surface area (Å²) in [6.07, 6.45) is 0. The molecule has 0 aliphatic heterocycles. The second kappa shape index (κ2) is 9.95. The van der Waals surface area contributed by atoms with Gasteiger partial charge in [-0.2, -0.15) is 29.8 Å². The van der Waals surface area contributed by atoms with E-state index in [1.54, 1.807) is 0 Å². The summed E-state index contributed by atoms with van der Waals surface area (Å²) in [5.74, 6) is 1.11. The molecule has 1 aromatic heterocycles. The van der Waals surface area contributed by atoms with E-state index < -0.39 is 0 Å². The Balaban J connectivity index is 0.00000264. The average Bonchev–Trinajstić information content (AvgIpc) is 3.25. The zero-order valence-electron chi connectivity index (χ0n) is 21.4. The van der Waals surface area contributed by atoms with Crippen molar-refractivity contribution in [3.8, 4) is 28.2 Å². The van der Waals surface area contributed by atoms with E-state index in [0.717, 1.165) is 28.2 Å². The first-order valence-corrected chi connectivity index (χ1v) is 12.6. The molecule has 7 aromatic rings. The molecular weight excluding hydrogens is 537 g/mol. The molecule has 0 saturated carbocycles. The smallest absolute Gasteiger partial charge is 0.229 e. The van der Waals surface area contributed by atoms with Crippen LogP contribution in [0.1, 0.15) is 5.56 Å². The molecule has 6 aromatic carbocycles. The molecule has 7 rings (SSSR count). The first kappa shape index (κ1) is 24.7. The van der Waals surface area contributed by atoms with E-state index in [2.05, 4.69) is 150 Å². The Morgan fingerprint density at radius 3 is 2.29 bits per heavy atom. The summed E-state index contributed by atoms with van der Waals surface area (Å²) in [6, 6.07) is 48.1. The van der Waals surface area contributed by atoms with Crippen LogP contribution in [-0.2, 0) is 39.8 Å². The van der Waals surface area contributed by atoms with Crippen LogP contribution < -0.4 is 4.57 Å². The molecule has 3 heteroatoms. The van der Waals surface area contributed by atoms with Gasteiger partial charge in [-0.3, -0.25) is 4.57 Å². The zero-order chi connectivity index (χ0) is 24.9. The van der Waals surface area contributed by atoms with Crippen LogP contribution in [0.25, 0.3) is 60.8 Å². The predicted octanol–water partition coefficient (Wildman–Crippen LogP) is 8.00. The van der Waals surface area contributed by atoms with Crippen molar-refractivity contribution in [3.63, 3.8) is 0 Å². The minimum atomic E-state index is 0. The van der Waals surface area contributed by atoms with Crippen molar-refractivity contribution in [2.45, 2.75) is 6.92 Å². The van der Waals surface area contributed by atoms with Gasteiger partial charge in [-0.05, 0) is 35.2 Å². The summed E-state index contributed by atoms with van der Waals surface area (Å²) in [4.78, 5) is 0. The van der Waals surface area contributed by atoms with Crippen LogP contribution in [0.4, 0.5) is 0 Å². The minimum Gasteiger partial charge on any atom is -0.258 e. The van der Waals surface area contributed by atoms with E-state index in [-0.39, 0.29) is 32.7 Å². The van der Waals surface area contributed by atoms with Crippen LogP contribution in [0.3, 0.4) is 0 Å². The van der Waals surface area contributed by atoms with Gasteiger partial charge in [-0.15, -0.1) is 23.1 Å². The third-order valence-corrected chi connectivity index (χ3v) is 7.37. The van der Waals surface area contributed by atoms with Crippen LogP contribution in [0.5, 0.6) is 0 Å². The summed E-state index contributed by atoms with van der Waals surface area (Å²) in [7, 11) is 2.14. The molecule has 0 unspecified atom stereocenters. The van der Waals surface area contributed by atoms with Gasteiger partial charge < -0.3 is 0 Å². The SMILES string of the molecule is Cc1ccc(-c2[c-]cc3c(ccc4ccccc43)c2)[c-]c1-c1n(-c2ccccc2)c2ccccc2[n+]1C.[Y]. The van der Waals surface area contributed by atoms with Crippen molar-refractivity contribution >= 4 is 32.6 Å². The Morgan fingerprint density at radius 1 is 0.684 bits per heavy atom. The van der Waals surface area contributed by atoms with Crippen LogP contribution in [0.15, 0.2) is 115 Å². The van der Waals surface area contributed by atoms with Crippen LogP contribution in [-0.4, -0.2) is 4.57 Å². The quantitative estimate of drug-likeness (QED) is 0.117. The van der Waals surface area contributed by atoms with Gasteiger partial charge in [0.15, 0.2) is 11.0 Å². The summed E-state index contributed by atoms with van der Waals surface area (Å²) in [5, 5.41) is 4.95. The second-order valence-electron chi connectivity index (χ2n) is 9.61. The van der Waals surface area contributed by atoms with E-state index in [0.29, 0.717) is 0 Å². The van der Waals surface area contributed by atoms with Gasteiger partial charge >= 0.3 is 0 Å². The van der Waals surface area contributed by atoms with Gasteiger partial charge in [0.1, 0.15) is 5.69 Å². The number of hydrogen-bond donors (Lipinski definition) is 0. The first-order chi connectivity index (χ1) is 18.2. The molecule has 179 valence electrons. The van der Waals surface area contributed by atoms with Gasteiger partial charge in [0.05, 0.1) is 7.05 Å². The number of aromatic nitrogens is 2. The third-order valence-electron chi connectivity index (χ3n) is 7.37. The maximum atomic E-state index is 3.79. The molecule has 0 saturated heterocycles. The molecule has 1 heterocycles. The molecule has 0 N–H and O–H groups in total. The Kier molecular flexibility index (Phi) is 6.47. The van der Waals surface area contributed by atoms with Gasteiger partial charge in [0.2, 0.25) is 5.82 Å². The van der Waals surface area contributed by atoms with Gasteiger partial charge in [-0.25, -0.2) is 10.1 Å². The van der Waals surface area contributed by atoms with Gasteiger partial charge in [0, 0.05) is 32.7 Å². The Morgan fingerprint density at radius 2 is 1.42 bits per heavy atom. The Hall–Kier alpha value is -3.59. The predicted molar refractivity (Wildman–Crippen MR) is 153 cm³/mol. The molecule has 0 aliphatic carbocycles. The van der Waals surface area contributed by atoms with Crippen molar-refractivity contribution in [2.75, 3.05) is 0 Å². The molecule has 0 atom stereocenters. The van der Waals surface area contributed by atoms with E-state index >= 15 is 0 Å². The number of aryl methyl sites for hydroxylation is 2. The number of imidazole rings is 1. The van der Waals surface area contributed by atoms with Gasteiger partial charge in [0.25, 0.3) is 0 Å². The maximum Gasteiger partial charge on any atom is 0.229 e. The molecule has 38 heavy (non-hydrogen) atoms. The summed E-state index contributed by atoms with van der Waals surface area (Å²) in [6.45, 7) is 2.17. The van der Waals surface area contributed by atoms with E-state index in [1.165, 1.54) is 38.1 Å². The monoisotopic (exact) mass is 562 g/mol. The maximum absolute atomic E-state index is 3.79. The molecular formula is C35H25N2Y-. The summed E-state index contributed by atoms with van der Waals surface area (Å²) >= 11 is 0. The van der Waals surface area contributed by atoms with Crippen LogP contribution >= 0.6 is 0 Å². The number of hydrogen-bond acceptors (Lipinski definition) is 0. The molecule has 2 nitrogen and oxygen atoms in total. The topological polar surface area (TPSA) is 8.81 Å². The standard InChI is InChI=1S/C35H25N2.Y/c1-24-16-17-27(26-20-21-31-28(22-26)19-18-25-10-6-7-13-30(25)31)23-32(24)35-36(2)33-14-8-9-15-34(33)37(35)29-11-4-3-5-12-29;/h3-19,21-22H,1-2H3;/q-1;. The zero-order valence-corrected chi connectivity index (χ0v) is 24.3. The van der Waals surface area contributed by atoms with E-state index in [9.17, 15) is 0 Å². The second-order valence-corrected chi connectivity index (χ2v) is 9.61. The minimum absolute atomic E-state index is 0. The average molecular weight is 563 g/mol. The van der Waals surface area contributed by atoms with Crippen molar-refractivity contribution in [3.05, 3.63) is 133 Å². The van der Waals surface area contributed by atoms with Crippen molar-refractivity contribution in [2.24, 2.45) is 7.05 Å². The summed E-state index contributed by atoms with van der Waals surface area (Å²) in [5.41, 5.74) is 7.86. The number of nitrogens with zero attached hydrogens (tertiary/aromatic N) is 2. The Labute approximate surface area is 248 Å². The van der Waals surface area contributed by atoms with Crippen molar-refractivity contribution in [1.29, 1.82) is 0 Å². The molecule has 0 amide bonds. The molecule has 0 fully saturated rings. The van der Waals surface area contributed by atoms with Crippen molar-refractivity contribution in [1.82, 2.24) is 4.57 Å². The normalized spacial score (nSPS) is 11.2. The Bertz CT molecular complexity index is 1950.